The summed E-state index contributed by atoms with van der Waals surface area (Å²) in [6.07, 6.45) is 0. The lowest BCUT2D eigenvalue weighted by molar-refractivity contribution is 0.956. The highest BCUT2D eigenvalue weighted by Gasteiger charge is 2.22. The molecule has 0 amide bonds. The van der Waals surface area contributed by atoms with Crippen LogP contribution >= 0.6 is 22.7 Å². The number of aromatic nitrogens is 4. The molecule has 0 aliphatic heterocycles. The molecule has 0 aliphatic rings. The van der Waals surface area contributed by atoms with E-state index in [1.165, 1.54) is 62.2 Å². The normalized spacial score (nSPS) is 11.9. The lowest BCUT2D eigenvalue weighted by Crippen LogP contribution is -2.06. The van der Waals surface area contributed by atoms with Crippen molar-refractivity contribution in [2.75, 3.05) is 0 Å². The molecule has 12 aromatic rings. The molecule has 0 saturated carbocycles. The third-order valence-corrected chi connectivity index (χ3v) is 13.4. The molecule has 8 aromatic carbocycles. The molecule has 4 nitrogen and oxygen atoms in total. The predicted octanol–water partition coefficient (Wildman–Crippen LogP) is 14.4. The van der Waals surface area contributed by atoms with E-state index in [2.05, 4.69) is 180 Å². The molecule has 0 aliphatic carbocycles. The van der Waals surface area contributed by atoms with E-state index in [0.717, 1.165) is 33.3 Å². The van der Waals surface area contributed by atoms with Gasteiger partial charge in [-0.2, -0.15) is 9.97 Å². The van der Waals surface area contributed by atoms with Crippen molar-refractivity contribution in [2.45, 2.75) is 0 Å². The molecule has 4 heterocycles. The molecule has 266 valence electrons. The standard InChI is InChI=1S/C51H30N4S2/c1-3-13-31(14-4-1)32-23-25-34(26-24-32)49-52-50(35-29-41(33-15-5-2-6-16-33)46-40-19-9-12-22-44(40)56-45(46)30-35)54-51(53-49)55-42-20-10-7-17-36(42)38-27-28-39-37-18-8-11-21-43(37)57-48(39)47(38)55/h1-30H. The topological polar surface area (TPSA) is 43.6 Å². The summed E-state index contributed by atoms with van der Waals surface area (Å²) in [5, 5.41) is 7.36. The van der Waals surface area contributed by atoms with Gasteiger partial charge in [-0.05, 0) is 52.6 Å². The number of rotatable bonds is 5. The fourth-order valence-corrected chi connectivity index (χ4v) is 10.8. The van der Waals surface area contributed by atoms with Crippen LogP contribution in [0.3, 0.4) is 0 Å². The van der Waals surface area contributed by atoms with Crippen molar-refractivity contribution in [1.29, 1.82) is 0 Å². The van der Waals surface area contributed by atoms with Gasteiger partial charge in [-0.15, -0.1) is 22.7 Å². The van der Waals surface area contributed by atoms with Crippen LogP contribution in [0.1, 0.15) is 0 Å². The predicted molar refractivity (Wildman–Crippen MR) is 242 cm³/mol. The Kier molecular flexibility index (Phi) is 7.24. The van der Waals surface area contributed by atoms with Crippen LogP contribution in [0.5, 0.6) is 0 Å². The smallest absolute Gasteiger partial charge is 0.238 e. The van der Waals surface area contributed by atoms with E-state index in [4.69, 9.17) is 15.0 Å². The number of nitrogens with zero attached hydrogens (tertiary/aromatic N) is 4. The van der Waals surface area contributed by atoms with Crippen molar-refractivity contribution in [3.63, 3.8) is 0 Å². The van der Waals surface area contributed by atoms with Gasteiger partial charge >= 0.3 is 0 Å². The molecule has 0 bridgehead atoms. The molecule has 0 radical (unpaired) electrons. The van der Waals surface area contributed by atoms with Crippen molar-refractivity contribution in [3.05, 3.63) is 182 Å². The molecule has 4 aromatic heterocycles. The molecule has 0 spiro atoms. The second kappa shape index (κ2) is 12.8. The Hall–Kier alpha value is -6.99. The van der Waals surface area contributed by atoms with Gasteiger partial charge < -0.3 is 0 Å². The van der Waals surface area contributed by atoms with E-state index in [0.29, 0.717) is 17.6 Å². The number of fused-ring (bicyclic) bond motifs is 10. The van der Waals surface area contributed by atoms with Crippen molar-refractivity contribution in [1.82, 2.24) is 19.5 Å². The minimum Gasteiger partial charge on any atom is -0.276 e. The van der Waals surface area contributed by atoms with Crippen LogP contribution in [0.15, 0.2) is 182 Å². The summed E-state index contributed by atoms with van der Waals surface area (Å²) < 4.78 is 7.21. The summed E-state index contributed by atoms with van der Waals surface area (Å²) in [5.74, 6) is 1.85. The number of hydrogen-bond acceptors (Lipinski definition) is 5. The first-order valence-electron chi connectivity index (χ1n) is 19.0. The van der Waals surface area contributed by atoms with E-state index < -0.39 is 0 Å². The molecule has 0 unspecified atom stereocenters. The summed E-state index contributed by atoms with van der Waals surface area (Å²) in [5.41, 5.74) is 8.70. The first-order valence-corrected chi connectivity index (χ1v) is 20.7. The SMILES string of the molecule is c1ccc(-c2ccc(-c3nc(-c4cc(-c5ccccc5)c5c(c4)sc4ccccc45)nc(-n4c5ccccc5c5ccc6c7ccccc7sc6c54)n3)cc2)cc1. The van der Waals surface area contributed by atoms with Crippen LogP contribution in [0, 0.1) is 0 Å². The number of benzene rings is 8. The van der Waals surface area contributed by atoms with E-state index in [1.807, 2.05) is 28.7 Å². The molecule has 0 N–H and O–H groups in total. The van der Waals surface area contributed by atoms with E-state index >= 15 is 0 Å². The maximum atomic E-state index is 5.44. The fourth-order valence-electron chi connectivity index (χ4n) is 8.43. The van der Waals surface area contributed by atoms with Gasteiger partial charge in [0, 0.05) is 57.5 Å². The average molecular weight is 763 g/mol. The fraction of sp³-hybridized carbons (Fsp3) is 0. The molecule has 0 saturated heterocycles. The Morgan fingerprint density at radius 3 is 1.72 bits per heavy atom. The second-order valence-corrected chi connectivity index (χ2v) is 16.5. The molecule has 0 atom stereocenters. The summed E-state index contributed by atoms with van der Waals surface area (Å²) in [6.45, 7) is 0. The Morgan fingerprint density at radius 2 is 0.947 bits per heavy atom. The Morgan fingerprint density at radius 1 is 0.368 bits per heavy atom. The summed E-state index contributed by atoms with van der Waals surface area (Å²) in [6, 6.07) is 64.8. The third-order valence-electron chi connectivity index (χ3n) is 11.1. The van der Waals surface area contributed by atoms with Crippen molar-refractivity contribution < 1.29 is 0 Å². The minimum atomic E-state index is 0.594. The quantitative estimate of drug-likeness (QED) is 0.175. The van der Waals surface area contributed by atoms with Crippen molar-refractivity contribution in [2.24, 2.45) is 0 Å². The summed E-state index contributed by atoms with van der Waals surface area (Å²) in [7, 11) is 0. The van der Waals surface area contributed by atoms with Crippen LogP contribution < -0.4 is 0 Å². The zero-order valence-corrected chi connectivity index (χ0v) is 32.1. The zero-order valence-electron chi connectivity index (χ0n) is 30.4. The van der Waals surface area contributed by atoms with Crippen molar-refractivity contribution >= 4 is 84.8 Å². The van der Waals surface area contributed by atoms with Crippen molar-refractivity contribution in [3.8, 4) is 51.0 Å². The molecule has 0 fully saturated rings. The van der Waals surface area contributed by atoms with Crippen LogP contribution in [-0.2, 0) is 0 Å². The van der Waals surface area contributed by atoms with Gasteiger partial charge in [-0.1, -0.05) is 152 Å². The van der Waals surface area contributed by atoms with Crippen LogP contribution in [0.25, 0.3) is 113 Å². The zero-order chi connectivity index (χ0) is 37.5. The lowest BCUT2D eigenvalue weighted by atomic mass is 9.97. The third kappa shape index (κ3) is 5.15. The molecule has 6 heteroatoms. The molecular weight excluding hydrogens is 733 g/mol. The maximum Gasteiger partial charge on any atom is 0.238 e. The number of hydrogen-bond donors (Lipinski definition) is 0. The molecule has 57 heavy (non-hydrogen) atoms. The van der Waals surface area contributed by atoms with Gasteiger partial charge in [-0.3, -0.25) is 4.57 Å². The number of para-hydroxylation sites is 1. The highest BCUT2D eigenvalue weighted by molar-refractivity contribution is 7.26. The van der Waals surface area contributed by atoms with E-state index in [1.54, 1.807) is 0 Å². The first kappa shape index (κ1) is 32.3. The Bertz CT molecular complexity index is 3510. The molecular formula is C51H30N4S2. The van der Waals surface area contributed by atoms with Crippen LogP contribution in [0.4, 0.5) is 0 Å². The van der Waals surface area contributed by atoms with Gasteiger partial charge in [0.15, 0.2) is 11.6 Å². The highest BCUT2D eigenvalue weighted by Crippen LogP contribution is 2.45. The van der Waals surface area contributed by atoms with E-state index in [-0.39, 0.29) is 0 Å². The lowest BCUT2D eigenvalue weighted by Gasteiger charge is -2.13. The summed E-state index contributed by atoms with van der Waals surface area (Å²) in [4.78, 5) is 16.1. The first-order chi connectivity index (χ1) is 28.2. The van der Waals surface area contributed by atoms with Crippen LogP contribution in [0.2, 0.25) is 0 Å². The van der Waals surface area contributed by atoms with Crippen LogP contribution in [-0.4, -0.2) is 19.5 Å². The Labute approximate surface area is 335 Å². The largest absolute Gasteiger partial charge is 0.276 e. The highest BCUT2D eigenvalue weighted by atomic mass is 32.1. The molecule has 12 rings (SSSR count). The maximum absolute atomic E-state index is 5.44. The minimum absolute atomic E-state index is 0.594. The average Bonchev–Trinajstić information content (AvgIpc) is 3.96. The van der Waals surface area contributed by atoms with Gasteiger partial charge in [0.2, 0.25) is 5.95 Å². The monoisotopic (exact) mass is 762 g/mol. The number of thiophene rings is 2. The van der Waals surface area contributed by atoms with Gasteiger partial charge in [-0.25, -0.2) is 4.98 Å². The second-order valence-electron chi connectivity index (χ2n) is 14.4. The van der Waals surface area contributed by atoms with E-state index in [9.17, 15) is 0 Å². The summed E-state index contributed by atoms with van der Waals surface area (Å²) >= 11 is 3.64. The van der Waals surface area contributed by atoms with Gasteiger partial charge in [0.25, 0.3) is 0 Å². The Balaban J connectivity index is 1.16. The van der Waals surface area contributed by atoms with Gasteiger partial charge in [0.05, 0.1) is 15.7 Å². The van der Waals surface area contributed by atoms with Gasteiger partial charge in [0.1, 0.15) is 0 Å².